The first-order valence-electron chi connectivity index (χ1n) is 12.6. The Balaban J connectivity index is 2.26. The number of hydrogen-bond acceptors (Lipinski definition) is 2. The van der Waals surface area contributed by atoms with Gasteiger partial charge in [0.2, 0.25) is 0 Å². The van der Waals surface area contributed by atoms with E-state index in [-0.39, 0.29) is 29.8 Å². The number of rotatable bonds is 17. The van der Waals surface area contributed by atoms with Gasteiger partial charge in [0.05, 0.1) is 11.1 Å². The Hall–Kier alpha value is -3.41. The topological polar surface area (TPSA) is 54.4 Å². The van der Waals surface area contributed by atoms with Gasteiger partial charge < -0.3 is 5.11 Å². The fraction of sp³-hybridized carbons (Fsp3) is 0.355. The highest BCUT2D eigenvalue weighted by Crippen LogP contribution is 2.31. The second kappa shape index (κ2) is 18.8. The molecule has 0 aromatic heterocycles. The highest BCUT2D eigenvalue weighted by Gasteiger charge is 2.31. The molecule has 0 atom stereocenters. The minimum absolute atomic E-state index is 0.116. The number of carbonyl (C=O) groups excluding carboxylic acids is 1. The Labute approximate surface area is 218 Å². The number of benzene rings is 1. The van der Waals surface area contributed by atoms with Gasteiger partial charge in [-0.05, 0) is 68.7 Å². The zero-order valence-electron chi connectivity index (χ0n) is 21.4. The highest BCUT2D eigenvalue weighted by molar-refractivity contribution is 5.92. The number of allylic oxidation sites excluding steroid dienone is 12. The standard InChI is InChI=1S/C31H37F3O3/c1-2-3-4-5-6-7-8-9-10-11-12-13-14-15-16-17-18-19-20-21-28(35)25-26-24-27(31(32,33)34)22-23-29(26)30(36)37/h3-4,6-7,9-10,12-13,15-16,18-19,22-24H,2,5,8,11,14,17,20-21,25H2,1H3,(H,36,37)/b4-3-,7-6-,10-9-,13-12-,16-15-,19-18-. The number of Topliss-reactive ketones (excluding diaryl/α,β-unsaturated/α-hetero) is 1. The molecule has 0 aliphatic rings. The Morgan fingerprint density at radius 1 is 0.757 bits per heavy atom. The minimum Gasteiger partial charge on any atom is -0.478 e. The van der Waals surface area contributed by atoms with E-state index in [1.165, 1.54) is 0 Å². The maximum atomic E-state index is 12.9. The number of alkyl halides is 3. The van der Waals surface area contributed by atoms with Gasteiger partial charge in [0, 0.05) is 12.8 Å². The van der Waals surface area contributed by atoms with E-state index in [2.05, 4.69) is 61.6 Å². The van der Waals surface area contributed by atoms with Gasteiger partial charge in [-0.3, -0.25) is 4.79 Å². The van der Waals surface area contributed by atoms with Crippen LogP contribution in [0.2, 0.25) is 0 Å². The van der Waals surface area contributed by atoms with Crippen LogP contribution in [0, 0.1) is 0 Å². The molecule has 0 spiro atoms. The molecule has 0 radical (unpaired) electrons. The molecule has 6 heteroatoms. The fourth-order valence-electron chi connectivity index (χ4n) is 3.31. The van der Waals surface area contributed by atoms with E-state index < -0.39 is 17.7 Å². The number of carboxylic acids is 1. The highest BCUT2D eigenvalue weighted by atomic mass is 19.4. The van der Waals surface area contributed by atoms with Crippen LogP contribution in [0.1, 0.15) is 79.8 Å². The van der Waals surface area contributed by atoms with E-state index in [1.807, 2.05) is 18.2 Å². The van der Waals surface area contributed by atoms with Crippen molar-refractivity contribution < 1.29 is 27.9 Å². The third-order valence-corrected chi connectivity index (χ3v) is 5.24. The quantitative estimate of drug-likeness (QED) is 0.211. The maximum Gasteiger partial charge on any atom is 0.416 e. The second-order valence-electron chi connectivity index (χ2n) is 8.34. The van der Waals surface area contributed by atoms with E-state index in [9.17, 15) is 27.9 Å². The SMILES string of the molecule is CC/C=C\C/C=C\C/C=C\C/C=C\C/C=C\C/C=C\CCC(=O)Cc1cc(C(F)(F)F)ccc1C(=O)O. The van der Waals surface area contributed by atoms with Crippen LogP contribution in [0.3, 0.4) is 0 Å². The van der Waals surface area contributed by atoms with Crippen LogP contribution in [0.5, 0.6) is 0 Å². The van der Waals surface area contributed by atoms with Gasteiger partial charge in [-0.1, -0.05) is 79.8 Å². The number of carbonyl (C=O) groups is 2. The van der Waals surface area contributed by atoms with Crippen LogP contribution in [0.4, 0.5) is 13.2 Å². The summed E-state index contributed by atoms with van der Waals surface area (Å²) in [5.41, 5.74) is -1.36. The smallest absolute Gasteiger partial charge is 0.416 e. The molecular weight excluding hydrogens is 477 g/mol. The average molecular weight is 515 g/mol. The summed E-state index contributed by atoms with van der Waals surface area (Å²) in [5, 5.41) is 9.20. The van der Waals surface area contributed by atoms with Crippen molar-refractivity contribution in [3.05, 3.63) is 108 Å². The van der Waals surface area contributed by atoms with E-state index >= 15 is 0 Å². The lowest BCUT2D eigenvalue weighted by atomic mass is 9.97. The Bertz CT molecular complexity index is 1010. The molecule has 3 nitrogen and oxygen atoms in total. The molecule has 200 valence electrons. The van der Waals surface area contributed by atoms with Crippen LogP contribution < -0.4 is 0 Å². The molecule has 1 N–H and O–H groups in total. The largest absolute Gasteiger partial charge is 0.478 e. The first-order chi connectivity index (χ1) is 17.8. The molecule has 0 saturated carbocycles. The number of ketones is 1. The lowest BCUT2D eigenvalue weighted by Crippen LogP contribution is -2.12. The summed E-state index contributed by atoms with van der Waals surface area (Å²) in [6, 6.07) is 2.37. The number of carboxylic acid groups (broad SMARTS) is 1. The lowest BCUT2D eigenvalue weighted by Gasteiger charge is -2.11. The summed E-state index contributed by atoms with van der Waals surface area (Å²) in [6.45, 7) is 2.12. The predicted molar refractivity (Wildman–Crippen MR) is 145 cm³/mol. The van der Waals surface area contributed by atoms with Crippen LogP contribution in [-0.4, -0.2) is 16.9 Å². The first kappa shape index (κ1) is 31.6. The summed E-state index contributed by atoms with van der Waals surface area (Å²) in [7, 11) is 0. The molecule has 0 saturated heterocycles. The van der Waals surface area contributed by atoms with Crippen molar-refractivity contribution >= 4 is 11.8 Å². The molecule has 0 fully saturated rings. The molecule has 0 aliphatic heterocycles. The van der Waals surface area contributed by atoms with Crippen molar-refractivity contribution in [1.29, 1.82) is 0 Å². The summed E-state index contributed by atoms with van der Waals surface area (Å²) >= 11 is 0. The number of halogens is 3. The fourth-order valence-corrected chi connectivity index (χ4v) is 3.31. The van der Waals surface area contributed by atoms with E-state index in [4.69, 9.17) is 0 Å². The predicted octanol–water partition coefficient (Wildman–Crippen LogP) is 8.99. The molecule has 1 aromatic rings. The van der Waals surface area contributed by atoms with E-state index in [0.717, 1.165) is 50.7 Å². The zero-order chi connectivity index (χ0) is 27.4. The maximum absolute atomic E-state index is 12.9. The average Bonchev–Trinajstić information content (AvgIpc) is 2.84. The minimum atomic E-state index is -4.60. The normalized spacial score (nSPS) is 13.0. The van der Waals surface area contributed by atoms with Gasteiger partial charge >= 0.3 is 12.1 Å². The molecule has 1 aromatic carbocycles. The van der Waals surface area contributed by atoms with Crippen molar-refractivity contribution in [3.8, 4) is 0 Å². The molecule has 1 rings (SSSR count). The third kappa shape index (κ3) is 15.3. The lowest BCUT2D eigenvalue weighted by molar-refractivity contribution is -0.137. The monoisotopic (exact) mass is 514 g/mol. The van der Waals surface area contributed by atoms with Gasteiger partial charge in [0.15, 0.2) is 0 Å². The van der Waals surface area contributed by atoms with Gasteiger partial charge in [-0.25, -0.2) is 4.79 Å². The number of aromatic carboxylic acids is 1. The Morgan fingerprint density at radius 3 is 1.65 bits per heavy atom. The molecule has 0 heterocycles. The summed E-state index contributed by atoms with van der Waals surface area (Å²) in [6.07, 6.45) is 26.2. The van der Waals surface area contributed by atoms with E-state index in [0.29, 0.717) is 12.5 Å². The summed E-state index contributed by atoms with van der Waals surface area (Å²) in [4.78, 5) is 23.5. The third-order valence-electron chi connectivity index (χ3n) is 5.24. The van der Waals surface area contributed by atoms with Crippen LogP contribution >= 0.6 is 0 Å². The Morgan fingerprint density at radius 2 is 1.22 bits per heavy atom. The zero-order valence-corrected chi connectivity index (χ0v) is 21.4. The van der Waals surface area contributed by atoms with E-state index in [1.54, 1.807) is 0 Å². The van der Waals surface area contributed by atoms with Crippen LogP contribution in [0.15, 0.2) is 91.1 Å². The molecule has 0 bridgehead atoms. The summed E-state index contributed by atoms with van der Waals surface area (Å²) in [5.74, 6) is -1.66. The van der Waals surface area contributed by atoms with Gasteiger partial charge in [-0.15, -0.1) is 0 Å². The number of hydrogen-bond donors (Lipinski definition) is 1. The van der Waals surface area contributed by atoms with Gasteiger partial charge in [0.1, 0.15) is 5.78 Å². The first-order valence-corrected chi connectivity index (χ1v) is 12.6. The Kier molecular flexibility index (Phi) is 16.1. The second-order valence-corrected chi connectivity index (χ2v) is 8.34. The molecular formula is C31H37F3O3. The molecule has 0 unspecified atom stereocenters. The van der Waals surface area contributed by atoms with Crippen molar-refractivity contribution in [2.24, 2.45) is 0 Å². The molecule has 37 heavy (non-hydrogen) atoms. The van der Waals surface area contributed by atoms with Crippen LogP contribution in [0.25, 0.3) is 0 Å². The van der Waals surface area contributed by atoms with Crippen molar-refractivity contribution in [2.75, 3.05) is 0 Å². The molecule has 0 aliphatic carbocycles. The van der Waals surface area contributed by atoms with Crippen molar-refractivity contribution in [1.82, 2.24) is 0 Å². The van der Waals surface area contributed by atoms with Crippen LogP contribution in [-0.2, 0) is 17.4 Å². The molecule has 0 amide bonds. The van der Waals surface area contributed by atoms with Crippen molar-refractivity contribution in [3.63, 3.8) is 0 Å². The van der Waals surface area contributed by atoms with Crippen molar-refractivity contribution in [2.45, 2.75) is 70.9 Å². The summed E-state index contributed by atoms with van der Waals surface area (Å²) < 4.78 is 38.8. The van der Waals surface area contributed by atoms with Gasteiger partial charge in [-0.2, -0.15) is 13.2 Å². The van der Waals surface area contributed by atoms with Gasteiger partial charge in [0.25, 0.3) is 0 Å².